The minimum absolute atomic E-state index is 0.555. The number of piperidine rings is 3. The quantitative estimate of drug-likeness (QED) is 0.828. The van der Waals surface area contributed by atoms with Crippen molar-refractivity contribution in [2.45, 2.75) is 44.3 Å². The molecule has 4 aliphatic heterocycles. The van der Waals surface area contributed by atoms with Gasteiger partial charge in [0.05, 0.1) is 17.7 Å². The molecule has 0 N–H and O–H groups in total. The number of hydrogen-bond acceptors (Lipinski definition) is 6. The van der Waals surface area contributed by atoms with Crippen LogP contribution in [0.1, 0.15) is 34.9 Å². The molecule has 0 aliphatic carbocycles. The number of aromatic nitrogens is 2. The lowest BCUT2D eigenvalue weighted by molar-refractivity contribution is -0.00850. The van der Waals surface area contributed by atoms with Crippen LogP contribution < -0.4 is 4.74 Å². The van der Waals surface area contributed by atoms with Crippen LogP contribution >= 0.6 is 11.5 Å². The first-order valence-corrected chi connectivity index (χ1v) is 10.4. The second kappa shape index (κ2) is 6.59. The van der Waals surface area contributed by atoms with Crippen molar-refractivity contribution in [1.82, 2.24) is 19.4 Å². The standard InChI is InChI=1S/C20H26N4OS/c1-13-18(26-22-21-13)12-24-11-17(15-4-3-5-16(10-15)25-2)20-19(24)14-6-8-23(20)9-7-14/h3-5,10,14,17,19-20H,6-9,11-12H2,1-2H3/t17-,19-,20-/m1/s1. The fraction of sp³-hybridized carbons (Fsp3) is 0.600. The highest BCUT2D eigenvalue weighted by Gasteiger charge is 2.53. The lowest BCUT2D eigenvalue weighted by Gasteiger charge is -2.51. The fourth-order valence-corrected chi connectivity index (χ4v) is 6.13. The lowest BCUT2D eigenvalue weighted by atomic mass is 9.75. The molecule has 3 atom stereocenters. The van der Waals surface area contributed by atoms with E-state index in [9.17, 15) is 0 Å². The average molecular weight is 371 g/mol. The van der Waals surface area contributed by atoms with Crippen molar-refractivity contribution in [3.8, 4) is 5.75 Å². The van der Waals surface area contributed by atoms with Gasteiger partial charge in [0.15, 0.2) is 0 Å². The molecule has 5 heterocycles. The van der Waals surface area contributed by atoms with Crippen LogP contribution in [-0.4, -0.2) is 58.2 Å². The Bertz CT molecular complexity index is 786. The summed E-state index contributed by atoms with van der Waals surface area (Å²) in [6.45, 7) is 6.73. The lowest BCUT2D eigenvalue weighted by Crippen LogP contribution is -2.59. The summed E-state index contributed by atoms with van der Waals surface area (Å²) in [5, 5.41) is 4.23. The number of likely N-dealkylation sites (tertiary alicyclic amines) is 1. The van der Waals surface area contributed by atoms with Gasteiger partial charge in [0, 0.05) is 31.1 Å². The largest absolute Gasteiger partial charge is 0.497 e. The monoisotopic (exact) mass is 370 g/mol. The Morgan fingerprint density at radius 3 is 2.81 bits per heavy atom. The molecular formula is C20H26N4OS. The van der Waals surface area contributed by atoms with E-state index in [-0.39, 0.29) is 0 Å². The first kappa shape index (κ1) is 16.7. The van der Waals surface area contributed by atoms with Crippen LogP contribution in [0.25, 0.3) is 0 Å². The van der Waals surface area contributed by atoms with Crippen LogP contribution in [0.2, 0.25) is 0 Å². The Balaban J connectivity index is 1.49. The molecule has 4 aliphatic rings. The topological polar surface area (TPSA) is 41.5 Å². The fourth-order valence-electron chi connectivity index (χ4n) is 5.47. The van der Waals surface area contributed by atoms with Crippen molar-refractivity contribution in [3.63, 3.8) is 0 Å². The highest BCUT2D eigenvalue weighted by molar-refractivity contribution is 7.05. The summed E-state index contributed by atoms with van der Waals surface area (Å²) in [4.78, 5) is 6.81. The second-order valence-electron chi connectivity index (χ2n) is 7.95. The van der Waals surface area contributed by atoms with Gasteiger partial charge >= 0.3 is 0 Å². The number of methoxy groups -OCH3 is 1. The Labute approximate surface area is 159 Å². The van der Waals surface area contributed by atoms with E-state index in [1.807, 2.05) is 6.07 Å². The molecule has 4 fully saturated rings. The zero-order valence-corrected chi connectivity index (χ0v) is 16.3. The molecule has 6 rings (SSSR count). The van der Waals surface area contributed by atoms with Crippen molar-refractivity contribution in [2.75, 3.05) is 26.7 Å². The summed E-state index contributed by atoms with van der Waals surface area (Å²) in [5.41, 5.74) is 2.52. The van der Waals surface area contributed by atoms with Crippen LogP contribution in [0.4, 0.5) is 0 Å². The maximum absolute atomic E-state index is 5.50. The molecule has 5 nitrogen and oxygen atoms in total. The summed E-state index contributed by atoms with van der Waals surface area (Å²) in [5.74, 6) is 2.36. The summed E-state index contributed by atoms with van der Waals surface area (Å²) < 4.78 is 9.65. The molecule has 2 aromatic rings. The maximum atomic E-state index is 5.50. The van der Waals surface area contributed by atoms with E-state index in [2.05, 4.69) is 44.5 Å². The molecule has 0 radical (unpaired) electrons. The predicted molar refractivity (Wildman–Crippen MR) is 103 cm³/mol. The molecule has 1 aromatic heterocycles. The van der Waals surface area contributed by atoms with Gasteiger partial charge in [-0.25, -0.2) is 0 Å². The van der Waals surface area contributed by atoms with E-state index >= 15 is 0 Å². The minimum Gasteiger partial charge on any atom is -0.497 e. The summed E-state index contributed by atoms with van der Waals surface area (Å²) in [6.07, 6.45) is 2.70. The highest BCUT2D eigenvalue weighted by atomic mass is 32.1. The van der Waals surface area contributed by atoms with Gasteiger partial charge < -0.3 is 4.74 Å². The first-order chi connectivity index (χ1) is 12.7. The van der Waals surface area contributed by atoms with E-state index in [1.165, 1.54) is 36.4 Å². The molecule has 6 heteroatoms. The van der Waals surface area contributed by atoms with E-state index < -0.39 is 0 Å². The molecule has 0 unspecified atom stereocenters. The molecule has 1 aromatic carbocycles. The second-order valence-corrected chi connectivity index (χ2v) is 8.79. The predicted octanol–water partition coefficient (Wildman–Crippen LogP) is 2.92. The van der Waals surface area contributed by atoms with E-state index in [4.69, 9.17) is 4.74 Å². The summed E-state index contributed by atoms with van der Waals surface area (Å²) in [7, 11) is 1.76. The number of hydrogen-bond donors (Lipinski definition) is 0. The Morgan fingerprint density at radius 2 is 2.08 bits per heavy atom. The van der Waals surface area contributed by atoms with Gasteiger partial charge in [0.1, 0.15) is 5.75 Å². The highest BCUT2D eigenvalue weighted by Crippen LogP contribution is 2.47. The molecule has 0 amide bonds. The van der Waals surface area contributed by atoms with Gasteiger partial charge in [-0.2, -0.15) is 0 Å². The molecule has 2 bridgehead atoms. The van der Waals surface area contributed by atoms with Gasteiger partial charge in [-0.15, -0.1) is 5.10 Å². The zero-order valence-electron chi connectivity index (χ0n) is 15.5. The number of fused-ring (bicyclic) bond motifs is 2. The molecule has 138 valence electrons. The van der Waals surface area contributed by atoms with E-state index in [1.54, 1.807) is 18.6 Å². The third-order valence-electron chi connectivity index (χ3n) is 6.71. The zero-order chi connectivity index (χ0) is 17.7. The molecule has 0 spiro atoms. The van der Waals surface area contributed by atoms with Gasteiger partial charge in [0.2, 0.25) is 0 Å². The Kier molecular flexibility index (Phi) is 4.22. The molecule has 4 saturated heterocycles. The van der Waals surface area contributed by atoms with Crippen LogP contribution in [0, 0.1) is 12.8 Å². The van der Waals surface area contributed by atoms with Crippen LogP contribution in [-0.2, 0) is 6.54 Å². The van der Waals surface area contributed by atoms with Crippen LogP contribution in [0.15, 0.2) is 24.3 Å². The van der Waals surface area contributed by atoms with Gasteiger partial charge in [-0.3, -0.25) is 9.80 Å². The number of ether oxygens (including phenoxy) is 1. The van der Waals surface area contributed by atoms with Crippen LogP contribution in [0.3, 0.4) is 0 Å². The third kappa shape index (κ3) is 2.66. The molecule has 26 heavy (non-hydrogen) atoms. The van der Waals surface area contributed by atoms with Crippen molar-refractivity contribution >= 4 is 11.5 Å². The Hall–Kier alpha value is -1.50. The SMILES string of the molecule is COc1cccc([C@H]2CN(Cc3snnc3C)[C@@H]3C4CCN(CC4)[C@H]23)c1. The molecule has 0 saturated carbocycles. The van der Waals surface area contributed by atoms with E-state index in [0.717, 1.165) is 30.5 Å². The average Bonchev–Trinajstić information content (AvgIpc) is 3.28. The van der Waals surface area contributed by atoms with Crippen LogP contribution in [0.5, 0.6) is 5.75 Å². The smallest absolute Gasteiger partial charge is 0.119 e. The summed E-state index contributed by atoms with van der Waals surface area (Å²) >= 11 is 1.56. The third-order valence-corrected chi connectivity index (χ3v) is 7.52. The normalized spacial score (nSPS) is 33.4. The number of benzene rings is 1. The number of rotatable bonds is 4. The number of aryl methyl sites for hydroxylation is 1. The summed E-state index contributed by atoms with van der Waals surface area (Å²) in [6, 6.07) is 10.0. The van der Waals surface area contributed by atoms with Crippen molar-refractivity contribution in [3.05, 3.63) is 40.4 Å². The van der Waals surface area contributed by atoms with Crippen molar-refractivity contribution in [1.29, 1.82) is 0 Å². The number of nitrogens with zero attached hydrogens (tertiary/aromatic N) is 4. The van der Waals surface area contributed by atoms with Gasteiger partial charge in [-0.05, 0) is 68.0 Å². The maximum Gasteiger partial charge on any atom is 0.119 e. The van der Waals surface area contributed by atoms with Crippen molar-refractivity contribution < 1.29 is 4.74 Å². The first-order valence-electron chi connectivity index (χ1n) is 9.64. The van der Waals surface area contributed by atoms with E-state index in [0.29, 0.717) is 18.0 Å². The van der Waals surface area contributed by atoms with Gasteiger partial charge in [0.25, 0.3) is 0 Å². The van der Waals surface area contributed by atoms with Crippen molar-refractivity contribution in [2.24, 2.45) is 5.92 Å². The minimum atomic E-state index is 0.555. The molecular weight excluding hydrogens is 344 g/mol. The Morgan fingerprint density at radius 1 is 1.23 bits per heavy atom. The van der Waals surface area contributed by atoms with Gasteiger partial charge in [-0.1, -0.05) is 16.6 Å².